The highest BCUT2D eigenvalue weighted by atomic mass is 32.1. The minimum absolute atomic E-state index is 0.871. The Balaban J connectivity index is 1.64. The van der Waals surface area contributed by atoms with E-state index < -0.39 is 0 Å². The van der Waals surface area contributed by atoms with Crippen LogP contribution in [0.1, 0.15) is 11.3 Å². The van der Waals surface area contributed by atoms with E-state index in [1.807, 2.05) is 24.4 Å². The second kappa shape index (κ2) is 5.14. The molecule has 0 saturated heterocycles. The summed E-state index contributed by atoms with van der Waals surface area (Å²) in [6, 6.07) is 16.4. The van der Waals surface area contributed by atoms with Crippen molar-refractivity contribution in [2.24, 2.45) is 0 Å². The lowest BCUT2D eigenvalue weighted by Gasteiger charge is -1.96. The van der Waals surface area contributed by atoms with Crippen molar-refractivity contribution in [3.8, 4) is 10.7 Å². The summed E-state index contributed by atoms with van der Waals surface area (Å²) >= 11 is 1.67. The number of aromatic amines is 1. The number of aromatic nitrogens is 3. The Bertz CT molecular complexity index is 844. The quantitative estimate of drug-likeness (QED) is 0.612. The molecule has 102 valence electrons. The SMILES string of the molecule is c1ccc(Cc2csc(-c3cc4ncccc4[nH]3)n2)cc1. The smallest absolute Gasteiger partial charge is 0.140 e. The van der Waals surface area contributed by atoms with Gasteiger partial charge in [-0.2, -0.15) is 0 Å². The van der Waals surface area contributed by atoms with Crippen molar-refractivity contribution < 1.29 is 0 Å². The Morgan fingerprint density at radius 1 is 1.05 bits per heavy atom. The number of nitrogens with one attached hydrogen (secondary N) is 1. The van der Waals surface area contributed by atoms with Gasteiger partial charge >= 0.3 is 0 Å². The Hall–Kier alpha value is -2.46. The summed E-state index contributed by atoms with van der Waals surface area (Å²) in [5, 5.41) is 3.14. The van der Waals surface area contributed by atoms with E-state index in [4.69, 9.17) is 4.98 Å². The summed E-state index contributed by atoms with van der Waals surface area (Å²) < 4.78 is 0. The summed E-state index contributed by atoms with van der Waals surface area (Å²) in [6.07, 6.45) is 2.68. The number of rotatable bonds is 3. The van der Waals surface area contributed by atoms with E-state index in [1.54, 1.807) is 11.3 Å². The monoisotopic (exact) mass is 291 g/mol. The van der Waals surface area contributed by atoms with Crippen molar-refractivity contribution in [1.82, 2.24) is 15.0 Å². The molecule has 4 aromatic rings. The number of fused-ring (bicyclic) bond motifs is 1. The van der Waals surface area contributed by atoms with Gasteiger partial charge in [-0.3, -0.25) is 4.98 Å². The molecular formula is C17H13N3S. The van der Waals surface area contributed by atoms with E-state index >= 15 is 0 Å². The number of H-pyrrole nitrogens is 1. The van der Waals surface area contributed by atoms with E-state index in [0.717, 1.165) is 33.8 Å². The minimum Gasteiger partial charge on any atom is -0.351 e. The topological polar surface area (TPSA) is 41.6 Å². The van der Waals surface area contributed by atoms with E-state index in [9.17, 15) is 0 Å². The first-order valence-corrected chi connectivity index (χ1v) is 7.69. The molecule has 0 atom stereocenters. The second-order valence-corrected chi connectivity index (χ2v) is 5.78. The van der Waals surface area contributed by atoms with Crippen molar-refractivity contribution in [2.45, 2.75) is 6.42 Å². The average Bonchev–Trinajstić information content (AvgIpc) is 3.14. The first-order valence-electron chi connectivity index (χ1n) is 6.81. The molecule has 0 radical (unpaired) electrons. The lowest BCUT2D eigenvalue weighted by atomic mass is 10.1. The Morgan fingerprint density at radius 3 is 2.81 bits per heavy atom. The fourth-order valence-electron chi connectivity index (χ4n) is 2.39. The maximum atomic E-state index is 4.73. The molecule has 21 heavy (non-hydrogen) atoms. The summed E-state index contributed by atoms with van der Waals surface area (Å²) in [4.78, 5) is 12.5. The van der Waals surface area contributed by atoms with Crippen molar-refractivity contribution in [2.75, 3.05) is 0 Å². The van der Waals surface area contributed by atoms with E-state index in [2.05, 4.69) is 45.7 Å². The van der Waals surface area contributed by atoms with Crippen LogP contribution < -0.4 is 0 Å². The van der Waals surface area contributed by atoms with E-state index in [-0.39, 0.29) is 0 Å². The van der Waals surface area contributed by atoms with Crippen LogP contribution in [0.3, 0.4) is 0 Å². The Labute approximate surface area is 126 Å². The lowest BCUT2D eigenvalue weighted by molar-refractivity contribution is 1.11. The van der Waals surface area contributed by atoms with Gasteiger partial charge in [-0.15, -0.1) is 11.3 Å². The van der Waals surface area contributed by atoms with Gasteiger partial charge in [0.1, 0.15) is 5.01 Å². The van der Waals surface area contributed by atoms with E-state index in [1.165, 1.54) is 5.56 Å². The summed E-state index contributed by atoms with van der Waals surface area (Å²) in [7, 11) is 0. The zero-order valence-electron chi connectivity index (χ0n) is 11.3. The molecule has 0 fully saturated rings. The molecule has 4 heteroatoms. The normalized spacial score (nSPS) is 11.0. The van der Waals surface area contributed by atoms with Gasteiger partial charge in [0.2, 0.25) is 0 Å². The first-order chi connectivity index (χ1) is 10.4. The van der Waals surface area contributed by atoms with Crippen molar-refractivity contribution in [1.29, 1.82) is 0 Å². The highest BCUT2D eigenvalue weighted by Gasteiger charge is 2.08. The second-order valence-electron chi connectivity index (χ2n) is 4.93. The van der Waals surface area contributed by atoms with Gasteiger partial charge in [-0.1, -0.05) is 30.3 Å². The largest absolute Gasteiger partial charge is 0.351 e. The summed E-state index contributed by atoms with van der Waals surface area (Å²) in [5.41, 5.74) is 5.45. The van der Waals surface area contributed by atoms with Gasteiger partial charge in [0.25, 0.3) is 0 Å². The minimum atomic E-state index is 0.871. The maximum absolute atomic E-state index is 4.73. The summed E-state index contributed by atoms with van der Waals surface area (Å²) in [6.45, 7) is 0. The van der Waals surface area contributed by atoms with Crippen LogP contribution in [0.4, 0.5) is 0 Å². The number of benzene rings is 1. The van der Waals surface area contributed by atoms with Gasteiger partial charge in [0.05, 0.1) is 22.4 Å². The summed E-state index contributed by atoms with van der Waals surface area (Å²) in [5.74, 6) is 0. The van der Waals surface area contributed by atoms with Gasteiger partial charge < -0.3 is 4.98 Å². The molecule has 0 aliphatic heterocycles. The van der Waals surface area contributed by atoms with Crippen LogP contribution in [0, 0.1) is 0 Å². The maximum Gasteiger partial charge on any atom is 0.140 e. The molecule has 4 rings (SSSR count). The molecule has 1 N–H and O–H groups in total. The van der Waals surface area contributed by atoms with Gasteiger partial charge in [-0.25, -0.2) is 4.98 Å². The van der Waals surface area contributed by atoms with Crippen LogP contribution in [-0.2, 0) is 6.42 Å². The number of hydrogen-bond acceptors (Lipinski definition) is 3. The molecule has 3 nitrogen and oxygen atoms in total. The fourth-order valence-corrected chi connectivity index (χ4v) is 3.18. The van der Waals surface area contributed by atoms with Gasteiger partial charge in [-0.05, 0) is 23.8 Å². The van der Waals surface area contributed by atoms with Crippen LogP contribution in [0.5, 0.6) is 0 Å². The molecule has 3 heterocycles. The van der Waals surface area contributed by atoms with Crippen molar-refractivity contribution >= 4 is 22.4 Å². The predicted molar refractivity (Wildman–Crippen MR) is 86.4 cm³/mol. The third-order valence-corrected chi connectivity index (χ3v) is 4.32. The number of hydrogen-bond donors (Lipinski definition) is 1. The number of thiazole rings is 1. The van der Waals surface area contributed by atoms with Crippen LogP contribution in [-0.4, -0.2) is 15.0 Å². The molecular weight excluding hydrogens is 278 g/mol. The van der Waals surface area contributed by atoms with Gasteiger partial charge in [0.15, 0.2) is 0 Å². The van der Waals surface area contributed by atoms with Crippen LogP contribution >= 0.6 is 11.3 Å². The molecule has 0 saturated carbocycles. The lowest BCUT2D eigenvalue weighted by Crippen LogP contribution is -1.87. The first kappa shape index (κ1) is 12.3. The third-order valence-electron chi connectivity index (χ3n) is 3.40. The van der Waals surface area contributed by atoms with E-state index in [0.29, 0.717) is 0 Å². The molecule has 0 aliphatic rings. The van der Waals surface area contributed by atoms with Crippen LogP contribution in [0.2, 0.25) is 0 Å². The average molecular weight is 291 g/mol. The van der Waals surface area contributed by atoms with Crippen molar-refractivity contribution in [3.05, 3.63) is 71.4 Å². The fraction of sp³-hybridized carbons (Fsp3) is 0.0588. The molecule has 0 spiro atoms. The van der Waals surface area contributed by atoms with Crippen LogP contribution in [0.25, 0.3) is 21.7 Å². The zero-order chi connectivity index (χ0) is 14.1. The molecule has 0 bridgehead atoms. The molecule has 0 unspecified atom stereocenters. The molecule has 0 aliphatic carbocycles. The van der Waals surface area contributed by atoms with Crippen LogP contribution in [0.15, 0.2) is 60.1 Å². The zero-order valence-corrected chi connectivity index (χ0v) is 12.1. The molecule has 0 amide bonds. The Kier molecular flexibility index (Phi) is 3.01. The van der Waals surface area contributed by atoms with Crippen molar-refractivity contribution in [3.63, 3.8) is 0 Å². The number of nitrogens with zero attached hydrogens (tertiary/aromatic N) is 2. The highest BCUT2D eigenvalue weighted by molar-refractivity contribution is 7.13. The number of pyridine rings is 1. The van der Waals surface area contributed by atoms with Gasteiger partial charge in [0, 0.05) is 18.0 Å². The third kappa shape index (κ3) is 2.45. The molecule has 3 aromatic heterocycles. The Morgan fingerprint density at radius 2 is 1.95 bits per heavy atom. The highest BCUT2D eigenvalue weighted by Crippen LogP contribution is 2.26. The molecule has 1 aromatic carbocycles. The predicted octanol–water partition coefficient (Wildman–Crippen LogP) is 4.28. The standard InChI is InChI=1S/C17H13N3S/c1-2-5-12(6-3-1)9-13-11-21-17(19-13)16-10-15-14(20-16)7-4-8-18-15/h1-8,10-11,20H,9H2.